The third kappa shape index (κ3) is 2.83. The smallest absolute Gasteiger partial charge is 0.248 e. The SMILES string of the molecule is CC12CN(C(=O)CO)CCC1Nc1c(Cl)c(Cl)cc(-c3ccc(N)nc3)c12. The fourth-order valence-electron chi connectivity index (χ4n) is 4.31. The van der Waals surface area contributed by atoms with Crippen molar-refractivity contribution in [1.29, 1.82) is 0 Å². The molecule has 0 bridgehead atoms. The molecule has 0 aliphatic carbocycles. The van der Waals surface area contributed by atoms with Crippen LogP contribution in [0.3, 0.4) is 0 Å². The summed E-state index contributed by atoms with van der Waals surface area (Å²) >= 11 is 12.9. The van der Waals surface area contributed by atoms with E-state index in [1.165, 1.54) is 0 Å². The minimum atomic E-state index is -0.489. The number of hydrogen-bond acceptors (Lipinski definition) is 5. The first kappa shape index (κ1) is 18.3. The molecule has 2 unspecified atom stereocenters. The zero-order valence-corrected chi connectivity index (χ0v) is 16.3. The van der Waals surface area contributed by atoms with Gasteiger partial charge in [0.15, 0.2) is 0 Å². The maximum absolute atomic E-state index is 12.1. The number of nitrogen functional groups attached to an aromatic ring is 1. The number of pyridine rings is 1. The average Bonchev–Trinajstić information content (AvgIpc) is 2.97. The molecular formula is C19H20Cl2N4O2. The topological polar surface area (TPSA) is 91.5 Å². The van der Waals surface area contributed by atoms with Crippen LogP contribution >= 0.6 is 23.2 Å². The highest BCUT2D eigenvalue weighted by molar-refractivity contribution is 6.44. The quantitative estimate of drug-likeness (QED) is 0.712. The number of hydrogen-bond donors (Lipinski definition) is 3. The number of piperidine rings is 1. The zero-order valence-electron chi connectivity index (χ0n) is 14.8. The summed E-state index contributed by atoms with van der Waals surface area (Å²) in [6.45, 7) is 2.71. The summed E-state index contributed by atoms with van der Waals surface area (Å²) in [6.07, 6.45) is 2.47. The Morgan fingerprint density at radius 2 is 2.26 bits per heavy atom. The Balaban J connectivity index is 1.89. The summed E-state index contributed by atoms with van der Waals surface area (Å²) in [5, 5.41) is 13.7. The van der Waals surface area contributed by atoms with Crippen LogP contribution < -0.4 is 11.1 Å². The molecule has 1 fully saturated rings. The van der Waals surface area contributed by atoms with Crippen LogP contribution in [-0.2, 0) is 10.2 Å². The lowest BCUT2D eigenvalue weighted by Gasteiger charge is -2.43. The van der Waals surface area contributed by atoms with Crippen LogP contribution in [0, 0.1) is 0 Å². The van der Waals surface area contributed by atoms with Crippen molar-refractivity contribution in [2.45, 2.75) is 24.8 Å². The van der Waals surface area contributed by atoms with Gasteiger partial charge in [0, 0.05) is 36.3 Å². The van der Waals surface area contributed by atoms with Crippen LogP contribution in [0.5, 0.6) is 0 Å². The molecular weight excluding hydrogens is 387 g/mol. The van der Waals surface area contributed by atoms with Crippen molar-refractivity contribution in [2.75, 3.05) is 30.7 Å². The number of likely N-dealkylation sites (tertiary alicyclic amines) is 1. The molecule has 1 amide bonds. The van der Waals surface area contributed by atoms with Gasteiger partial charge in [-0.15, -0.1) is 0 Å². The van der Waals surface area contributed by atoms with Crippen LogP contribution in [0.25, 0.3) is 11.1 Å². The number of nitrogens with zero attached hydrogens (tertiary/aromatic N) is 2. The molecule has 1 aromatic heterocycles. The normalized spacial score (nSPS) is 23.6. The Hall–Kier alpha value is -2.02. The van der Waals surface area contributed by atoms with Gasteiger partial charge in [-0.1, -0.05) is 30.1 Å². The fraction of sp³-hybridized carbons (Fsp3) is 0.368. The van der Waals surface area contributed by atoms with Gasteiger partial charge in [0.25, 0.3) is 0 Å². The molecule has 2 aromatic rings. The number of carbonyl (C=O) groups is 1. The van der Waals surface area contributed by atoms with Crippen LogP contribution in [0.1, 0.15) is 18.9 Å². The molecule has 1 aromatic carbocycles. The predicted octanol–water partition coefficient (Wildman–Crippen LogP) is 2.91. The Labute approximate surface area is 167 Å². The van der Waals surface area contributed by atoms with Gasteiger partial charge in [0.2, 0.25) is 5.91 Å². The summed E-state index contributed by atoms with van der Waals surface area (Å²) in [5.41, 5.74) is 8.99. The number of benzene rings is 1. The van der Waals surface area contributed by atoms with Gasteiger partial charge in [-0.3, -0.25) is 4.79 Å². The number of amides is 1. The van der Waals surface area contributed by atoms with Crippen molar-refractivity contribution in [3.8, 4) is 11.1 Å². The molecule has 2 aliphatic heterocycles. The summed E-state index contributed by atoms with van der Waals surface area (Å²) in [7, 11) is 0. The molecule has 4 rings (SSSR count). The van der Waals surface area contributed by atoms with Crippen molar-refractivity contribution < 1.29 is 9.90 Å². The van der Waals surface area contributed by atoms with E-state index in [2.05, 4.69) is 17.2 Å². The monoisotopic (exact) mass is 406 g/mol. The van der Waals surface area contributed by atoms with E-state index in [0.29, 0.717) is 29.0 Å². The first-order chi connectivity index (χ1) is 12.8. The second-order valence-electron chi connectivity index (χ2n) is 7.32. The van der Waals surface area contributed by atoms with E-state index in [-0.39, 0.29) is 17.4 Å². The minimum absolute atomic E-state index is 0.117. The van der Waals surface area contributed by atoms with Gasteiger partial charge < -0.3 is 21.1 Å². The lowest BCUT2D eigenvalue weighted by molar-refractivity contribution is -0.136. The van der Waals surface area contributed by atoms with Crippen LogP contribution in [-0.4, -0.2) is 46.6 Å². The van der Waals surface area contributed by atoms with Crippen molar-refractivity contribution >= 4 is 40.6 Å². The van der Waals surface area contributed by atoms with E-state index in [1.54, 1.807) is 17.2 Å². The van der Waals surface area contributed by atoms with Gasteiger partial charge in [-0.05, 0) is 35.7 Å². The van der Waals surface area contributed by atoms with Crippen molar-refractivity contribution in [1.82, 2.24) is 9.88 Å². The highest BCUT2D eigenvalue weighted by Gasteiger charge is 2.50. The minimum Gasteiger partial charge on any atom is -0.387 e. The molecule has 2 aliphatic rings. The maximum Gasteiger partial charge on any atom is 0.248 e. The highest BCUT2D eigenvalue weighted by Crippen LogP contribution is 2.53. The Morgan fingerprint density at radius 3 is 2.93 bits per heavy atom. The van der Waals surface area contributed by atoms with Crippen molar-refractivity contribution in [2.24, 2.45) is 0 Å². The summed E-state index contributed by atoms with van der Waals surface area (Å²) in [5.74, 6) is 0.175. The number of rotatable bonds is 2. The fourth-order valence-corrected chi connectivity index (χ4v) is 4.72. The van der Waals surface area contributed by atoms with Gasteiger partial charge in [-0.25, -0.2) is 4.98 Å². The zero-order chi connectivity index (χ0) is 19.3. The lowest BCUT2D eigenvalue weighted by Crippen LogP contribution is -2.54. The number of carbonyl (C=O) groups excluding carboxylic acids is 1. The largest absolute Gasteiger partial charge is 0.387 e. The van der Waals surface area contributed by atoms with Crippen molar-refractivity contribution in [3.63, 3.8) is 0 Å². The number of aliphatic hydroxyl groups excluding tert-OH is 1. The summed E-state index contributed by atoms with van der Waals surface area (Å²) in [4.78, 5) is 18.0. The Kier molecular flexibility index (Phi) is 4.45. The van der Waals surface area contributed by atoms with Gasteiger partial charge >= 0.3 is 0 Å². The second-order valence-corrected chi connectivity index (χ2v) is 8.10. The molecule has 1 saturated heterocycles. The molecule has 3 heterocycles. The number of anilines is 2. The van der Waals surface area contributed by atoms with Crippen LogP contribution in [0.15, 0.2) is 24.4 Å². The molecule has 0 spiro atoms. The maximum atomic E-state index is 12.1. The summed E-state index contributed by atoms with van der Waals surface area (Å²) < 4.78 is 0. The van der Waals surface area contributed by atoms with E-state index in [4.69, 9.17) is 28.9 Å². The lowest BCUT2D eigenvalue weighted by atomic mass is 9.72. The van der Waals surface area contributed by atoms with Gasteiger partial charge in [0.05, 0.1) is 15.7 Å². The number of aliphatic hydroxyl groups is 1. The number of halogens is 2. The summed E-state index contributed by atoms with van der Waals surface area (Å²) in [6, 6.07) is 5.61. The van der Waals surface area contributed by atoms with Gasteiger partial charge in [-0.2, -0.15) is 0 Å². The van der Waals surface area contributed by atoms with E-state index >= 15 is 0 Å². The van der Waals surface area contributed by atoms with E-state index in [9.17, 15) is 9.90 Å². The van der Waals surface area contributed by atoms with E-state index in [0.717, 1.165) is 28.8 Å². The Bertz CT molecular complexity index is 919. The van der Waals surface area contributed by atoms with Crippen LogP contribution in [0.2, 0.25) is 10.0 Å². The number of fused-ring (bicyclic) bond motifs is 3. The molecule has 142 valence electrons. The molecule has 2 atom stereocenters. The second kappa shape index (κ2) is 6.55. The molecule has 4 N–H and O–H groups in total. The number of aromatic nitrogens is 1. The van der Waals surface area contributed by atoms with Gasteiger partial charge in [0.1, 0.15) is 12.4 Å². The highest BCUT2D eigenvalue weighted by atomic mass is 35.5. The van der Waals surface area contributed by atoms with E-state index < -0.39 is 6.61 Å². The van der Waals surface area contributed by atoms with E-state index in [1.807, 2.05) is 12.1 Å². The molecule has 8 heteroatoms. The van der Waals surface area contributed by atoms with Crippen molar-refractivity contribution in [3.05, 3.63) is 40.0 Å². The first-order valence-electron chi connectivity index (χ1n) is 8.74. The third-order valence-corrected chi connectivity index (χ3v) is 6.46. The first-order valence-corrected chi connectivity index (χ1v) is 9.50. The standard InChI is InChI=1S/C19H20Cl2N4O2/c1-19-9-25(15(27)8-26)5-4-13(19)24-18-16(19)11(6-12(20)17(18)21)10-2-3-14(22)23-7-10/h2-3,6-7,13,24,26H,4-5,8-9H2,1H3,(H2,22,23). The third-order valence-electron chi connectivity index (χ3n) is 5.67. The molecule has 0 radical (unpaired) electrons. The average molecular weight is 407 g/mol. The molecule has 0 saturated carbocycles. The molecule has 27 heavy (non-hydrogen) atoms. The van der Waals surface area contributed by atoms with Crippen LogP contribution in [0.4, 0.5) is 11.5 Å². The number of nitrogens with one attached hydrogen (secondary N) is 1. The Morgan fingerprint density at radius 1 is 1.48 bits per heavy atom. The number of nitrogens with two attached hydrogens (primary N) is 1. The molecule has 6 nitrogen and oxygen atoms in total. The predicted molar refractivity (Wildman–Crippen MR) is 107 cm³/mol.